The maximum atomic E-state index is 13.5. The minimum absolute atomic E-state index is 0.125. The van der Waals surface area contributed by atoms with Crippen LogP contribution in [0.3, 0.4) is 0 Å². The molecule has 0 aliphatic carbocycles. The number of H-pyrrole nitrogens is 1. The first-order valence-electron chi connectivity index (χ1n) is 9.98. The number of carbonyl (C=O) groups is 1. The highest BCUT2D eigenvalue weighted by Gasteiger charge is 2.26. The Morgan fingerprint density at radius 1 is 0.833 bits per heavy atom. The molecule has 3 nitrogen and oxygen atoms in total. The molecule has 0 bridgehead atoms. The van der Waals surface area contributed by atoms with Crippen molar-refractivity contribution in [3.8, 4) is 22.4 Å². The first-order chi connectivity index (χ1) is 14.5. The number of para-hydroxylation sites is 1. The normalized spacial score (nSPS) is 10.9. The van der Waals surface area contributed by atoms with Crippen molar-refractivity contribution in [1.29, 1.82) is 0 Å². The number of benzene rings is 3. The van der Waals surface area contributed by atoms with Gasteiger partial charge in [0, 0.05) is 22.0 Å². The van der Waals surface area contributed by atoms with E-state index >= 15 is 0 Å². The Morgan fingerprint density at radius 3 is 2.03 bits per heavy atom. The van der Waals surface area contributed by atoms with Gasteiger partial charge >= 0.3 is 0 Å². The van der Waals surface area contributed by atoms with Crippen LogP contribution in [0.2, 0.25) is 5.02 Å². The molecule has 1 aromatic heterocycles. The van der Waals surface area contributed by atoms with Crippen molar-refractivity contribution in [2.75, 3.05) is 5.32 Å². The lowest BCUT2D eigenvalue weighted by atomic mass is 9.94. The number of amides is 1. The van der Waals surface area contributed by atoms with Gasteiger partial charge in [0.05, 0.1) is 11.3 Å². The Hall–Kier alpha value is -3.30. The zero-order valence-electron chi connectivity index (χ0n) is 16.9. The van der Waals surface area contributed by atoms with Crippen LogP contribution in [0.15, 0.2) is 84.9 Å². The quantitative estimate of drug-likeness (QED) is 0.351. The number of anilines is 1. The summed E-state index contributed by atoms with van der Waals surface area (Å²) in [5, 5.41) is 3.74. The molecule has 4 aromatic rings. The molecule has 0 radical (unpaired) electrons. The Balaban J connectivity index is 1.93. The monoisotopic (exact) mass is 414 g/mol. The van der Waals surface area contributed by atoms with Crippen LogP contribution in [0.5, 0.6) is 0 Å². The number of hydrogen-bond donors (Lipinski definition) is 2. The largest absolute Gasteiger partial charge is 0.357 e. The maximum Gasteiger partial charge on any atom is 0.258 e. The summed E-state index contributed by atoms with van der Waals surface area (Å²) in [6.45, 7) is 4.18. The molecule has 0 aliphatic rings. The highest BCUT2D eigenvalue weighted by molar-refractivity contribution is 6.30. The van der Waals surface area contributed by atoms with Crippen LogP contribution in [-0.2, 0) is 0 Å². The molecule has 1 heterocycles. The van der Waals surface area contributed by atoms with Crippen molar-refractivity contribution in [2.45, 2.75) is 19.8 Å². The molecule has 0 unspecified atom stereocenters. The molecule has 3 aromatic carbocycles. The van der Waals surface area contributed by atoms with Crippen LogP contribution < -0.4 is 5.32 Å². The minimum atomic E-state index is -0.125. The van der Waals surface area contributed by atoms with Crippen molar-refractivity contribution in [2.24, 2.45) is 0 Å². The van der Waals surface area contributed by atoms with Crippen LogP contribution in [0.25, 0.3) is 22.4 Å². The molecule has 150 valence electrons. The van der Waals surface area contributed by atoms with E-state index in [0.29, 0.717) is 10.6 Å². The predicted octanol–water partition coefficient (Wildman–Crippen LogP) is 7.38. The summed E-state index contributed by atoms with van der Waals surface area (Å²) in [5.74, 6) is 0.0188. The van der Waals surface area contributed by atoms with Gasteiger partial charge < -0.3 is 10.3 Å². The zero-order chi connectivity index (χ0) is 21.1. The first-order valence-corrected chi connectivity index (χ1v) is 10.4. The Bertz CT molecular complexity index is 1150. The third-order valence-corrected chi connectivity index (χ3v) is 5.31. The second kappa shape index (κ2) is 8.60. The maximum absolute atomic E-state index is 13.5. The van der Waals surface area contributed by atoms with Crippen molar-refractivity contribution in [3.05, 3.63) is 101 Å². The highest BCUT2D eigenvalue weighted by Crippen LogP contribution is 2.39. The molecule has 0 spiro atoms. The first kappa shape index (κ1) is 20.0. The van der Waals surface area contributed by atoms with Gasteiger partial charge in [0.2, 0.25) is 0 Å². The summed E-state index contributed by atoms with van der Waals surface area (Å²) in [4.78, 5) is 17.0. The average Bonchev–Trinajstić information content (AvgIpc) is 3.17. The van der Waals surface area contributed by atoms with Crippen molar-refractivity contribution in [1.82, 2.24) is 4.98 Å². The van der Waals surface area contributed by atoms with Crippen molar-refractivity contribution < 1.29 is 4.79 Å². The summed E-state index contributed by atoms with van der Waals surface area (Å²) in [6, 6.07) is 27.2. The van der Waals surface area contributed by atoms with Gasteiger partial charge in [-0.25, -0.2) is 0 Å². The van der Waals surface area contributed by atoms with Crippen LogP contribution in [0, 0.1) is 0 Å². The Morgan fingerprint density at radius 2 is 1.43 bits per heavy atom. The SMILES string of the molecule is CC(C)c1[nH]c(-c2ccc(Cl)cc2)c(-c2ccccc2)c1C(=O)Nc1ccccc1. The van der Waals surface area contributed by atoms with Gasteiger partial charge in [0.15, 0.2) is 0 Å². The summed E-state index contributed by atoms with van der Waals surface area (Å²) in [5.41, 5.74) is 6.14. The van der Waals surface area contributed by atoms with E-state index in [-0.39, 0.29) is 11.8 Å². The molecular formula is C26H23ClN2O. The number of aromatic amines is 1. The topological polar surface area (TPSA) is 44.9 Å². The van der Waals surface area contributed by atoms with E-state index in [4.69, 9.17) is 11.6 Å². The van der Waals surface area contributed by atoms with Crippen LogP contribution in [0.4, 0.5) is 5.69 Å². The van der Waals surface area contributed by atoms with Crippen molar-refractivity contribution in [3.63, 3.8) is 0 Å². The summed E-state index contributed by atoms with van der Waals surface area (Å²) >= 11 is 6.11. The molecule has 30 heavy (non-hydrogen) atoms. The third kappa shape index (κ3) is 4.03. The standard InChI is InChI=1S/C26H23ClN2O/c1-17(2)24-23(26(30)28-21-11-7-4-8-12-21)22(18-9-5-3-6-10-18)25(29-24)19-13-15-20(27)16-14-19/h3-17,29H,1-2H3,(H,28,30). The predicted molar refractivity (Wildman–Crippen MR) is 125 cm³/mol. The molecule has 0 saturated carbocycles. The van der Waals surface area contributed by atoms with E-state index in [1.165, 1.54) is 0 Å². The van der Waals surface area contributed by atoms with Crippen molar-refractivity contribution >= 4 is 23.2 Å². The van der Waals surface area contributed by atoms with E-state index in [2.05, 4.69) is 24.1 Å². The number of aromatic nitrogens is 1. The van der Waals surface area contributed by atoms with Gasteiger partial charge in [0.25, 0.3) is 5.91 Å². The zero-order valence-corrected chi connectivity index (χ0v) is 17.7. The van der Waals surface area contributed by atoms with Gasteiger partial charge in [-0.05, 0) is 41.3 Å². The van der Waals surface area contributed by atoms with Gasteiger partial charge in [-0.15, -0.1) is 0 Å². The van der Waals surface area contributed by atoms with E-state index in [1.54, 1.807) is 0 Å². The molecule has 0 saturated heterocycles. The molecule has 0 aliphatic heterocycles. The Labute approximate surface area is 181 Å². The number of carbonyl (C=O) groups excluding carboxylic acids is 1. The fourth-order valence-electron chi connectivity index (χ4n) is 3.63. The molecule has 4 rings (SSSR count). The number of hydrogen-bond acceptors (Lipinski definition) is 1. The van der Waals surface area contributed by atoms with Gasteiger partial charge in [-0.3, -0.25) is 4.79 Å². The fourth-order valence-corrected chi connectivity index (χ4v) is 3.76. The molecular weight excluding hydrogens is 392 g/mol. The van der Waals surface area contributed by atoms with Gasteiger partial charge in [-0.2, -0.15) is 0 Å². The second-order valence-electron chi connectivity index (χ2n) is 7.51. The highest BCUT2D eigenvalue weighted by atomic mass is 35.5. The minimum Gasteiger partial charge on any atom is -0.357 e. The van der Waals surface area contributed by atoms with Gasteiger partial charge in [0.1, 0.15) is 0 Å². The molecule has 0 atom stereocenters. The van der Waals surface area contributed by atoms with Crippen LogP contribution in [-0.4, -0.2) is 10.9 Å². The Kier molecular flexibility index (Phi) is 5.73. The van der Waals surface area contributed by atoms with E-state index < -0.39 is 0 Å². The number of halogens is 1. The lowest BCUT2D eigenvalue weighted by molar-refractivity contribution is 0.102. The van der Waals surface area contributed by atoms with Gasteiger partial charge in [-0.1, -0.05) is 86.1 Å². The molecule has 0 fully saturated rings. The second-order valence-corrected chi connectivity index (χ2v) is 7.95. The van der Waals surface area contributed by atoms with Crippen LogP contribution in [0.1, 0.15) is 35.8 Å². The van der Waals surface area contributed by atoms with E-state index in [0.717, 1.165) is 33.8 Å². The van der Waals surface area contributed by atoms with Crippen LogP contribution >= 0.6 is 11.6 Å². The van der Waals surface area contributed by atoms with E-state index in [9.17, 15) is 4.79 Å². The fraction of sp³-hybridized carbons (Fsp3) is 0.115. The molecule has 4 heteroatoms. The lowest BCUT2D eigenvalue weighted by Gasteiger charge is -2.12. The summed E-state index contributed by atoms with van der Waals surface area (Å²) in [6.07, 6.45) is 0. The number of rotatable bonds is 5. The summed E-state index contributed by atoms with van der Waals surface area (Å²) in [7, 11) is 0. The van der Waals surface area contributed by atoms with E-state index in [1.807, 2.05) is 84.9 Å². The molecule has 1 amide bonds. The lowest BCUT2D eigenvalue weighted by Crippen LogP contribution is -2.14. The smallest absolute Gasteiger partial charge is 0.258 e. The average molecular weight is 415 g/mol. The number of nitrogens with one attached hydrogen (secondary N) is 2. The summed E-state index contributed by atoms with van der Waals surface area (Å²) < 4.78 is 0. The molecule has 2 N–H and O–H groups in total. The third-order valence-electron chi connectivity index (χ3n) is 5.06.